The standard InChI is InChI=1S/C20H26N6O3/c1-4-15-18(27)24(3)16-11-21-20(23-17(16)26(15)14-8-6-7-9-14)25-12-13(10-22-25)19(28)29-5-2/h10-12,14-15H,4-9H2,1-3H3. The number of carbonyl (C=O) groups excluding carboxylic acids is 2. The van der Waals surface area contributed by atoms with Crippen molar-refractivity contribution in [3.05, 3.63) is 24.2 Å². The van der Waals surface area contributed by atoms with Crippen LogP contribution in [0.1, 0.15) is 56.3 Å². The van der Waals surface area contributed by atoms with Gasteiger partial charge in [0.15, 0.2) is 5.82 Å². The van der Waals surface area contributed by atoms with E-state index in [1.165, 1.54) is 10.9 Å². The van der Waals surface area contributed by atoms with Gasteiger partial charge < -0.3 is 14.5 Å². The third kappa shape index (κ3) is 3.34. The second-order valence-corrected chi connectivity index (χ2v) is 7.44. The molecule has 3 heterocycles. The van der Waals surface area contributed by atoms with Gasteiger partial charge in [0.2, 0.25) is 5.91 Å². The topological polar surface area (TPSA) is 93.5 Å². The zero-order valence-corrected chi connectivity index (χ0v) is 17.0. The van der Waals surface area contributed by atoms with Crippen molar-refractivity contribution < 1.29 is 14.3 Å². The van der Waals surface area contributed by atoms with Crippen LogP contribution in [0.2, 0.25) is 0 Å². The number of hydrogen-bond acceptors (Lipinski definition) is 7. The molecule has 29 heavy (non-hydrogen) atoms. The summed E-state index contributed by atoms with van der Waals surface area (Å²) in [4.78, 5) is 37.9. The molecule has 1 fully saturated rings. The van der Waals surface area contributed by atoms with Crippen LogP contribution in [0.25, 0.3) is 5.95 Å². The predicted molar refractivity (Wildman–Crippen MR) is 107 cm³/mol. The summed E-state index contributed by atoms with van der Waals surface area (Å²) >= 11 is 0. The zero-order chi connectivity index (χ0) is 20.5. The Kier molecular flexibility index (Phi) is 5.21. The van der Waals surface area contributed by atoms with Crippen molar-refractivity contribution in [2.24, 2.45) is 0 Å². The van der Waals surface area contributed by atoms with E-state index in [0.29, 0.717) is 36.3 Å². The highest BCUT2D eigenvalue weighted by molar-refractivity contribution is 6.04. The lowest BCUT2D eigenvalue weighted by Crippen LogP contribution is -2.55. The summed E-state index contributed by atoms with van der Waals surface area (Å²) < 4.78 is 6.49. The smallest absolute Gasteiger partial charge is 0.341 e. The molecule has 0 spiro atoms. The number of rotatable bonds is 5. The highest BCUT2D eigenvalue weighted by atomic mass is 16.5. The summed E-state index contributed by atoms with van der Waals surface area (Å²) in [5.41, 5.74) is 1.05. The number of hydrogen-bond donors (Lipinski definition) is 0. The van der Waals surface area contributed by atoms with Crippen LogP contribution >= 0.6 is 0 Å². The number of nitrogens with zero attached hydrogens (tertiary/aromatic N) is 6. The van der Waals surface area contributed by atoms with Gasteiger partial charge >= 0.3 is 5.97 Å². The van der Waals surface area contributed by atoms with Crippen LogP contribution in [0.15, 0.2) is 18.6 Å². The molecule has 4 rings (SSSR count). The van der Waals surface area contributed by atoms with E-state index >= 15 is 0 Å². The normalized spacial score (nSPS) is 19.6. The molecule has 0 N–H and O–H groups in total. The second kappa shape index (κ2) is 7.81. The van der Waals surface area contributed by atoms with Gasteiger partial charge in [0.1, 0.15) is 11.7 Å². The number of fused-ring (bicyclic) bond motifs is 1. The molecule has 0 saturated heterocycles. The Hall–Kier alpha value is -2.97. The summed E-state index contributed by atoms with van der Waals surface area (Å²) in [7, 11) is 1.77. The Morgan fingerprint density at radius 2 is 2.00 bits per heavy atom. The third-order valence-electron chi connectivity index (χ3n) is 5.70. The molecule has 1 aliphatic carbocycles. The molecule has 154 valence electrons. The lowest BCUT2D eigenvalue weighted by atomic mass is 10.0. The lowest BCUT2D eigenvalue weighted by molar-refractivity contribution is -0.120. The maximum Gasteiger partial charge on any atom is 0.341 e. The first-order chi connectivity index (χ1) is 14.0. The molecular formula is C20H26N6O3. The van der Waals surface area contributed by atoms with Gasteiger partial charge in [-0.3, -0.25) is 4.79 Å². The Bertz CT molecular complexity index is 921. The average Bonchev–Trinajstić information content (AvgIpc) is 3.42. The van der Waals surface area contributed by atoms with Crippen LogP contribution in [0.3, 0.4) is 0 Å². The SMILES string of the molecule is CCOC(=O)c1cnn(-c2ncc3c(n2)N(C2CCCC2)C(CC)C(=O)N3C)c1. The first kappa shape index (κ1) is 19.4. The molecule has 0 aromatic carbocycles. The fourth-order valence-electron chi connectivity index (χ4n) is 4.24. The van der Waals surface area contributed by atoms with Gasteiger partial charge in [-0.25, -0.2) is 14.5 Å². The molecule has 0 bridgehead atoms. The first-order valence-corrected chi connectivity index (χ1v) is 10.2. The zero-order valence-electron chi connectivity index (χ0n) is 17.0. The quantitative estimate of drug-likeness (QED) is 0.714. The highest BCUT2D eigenvalue weighted by Crippen LogP contribution is 2.39. The van der Waals surface area contributed by atoms with Gasteiger partial charge in [-0.2, -0.15) is 10.1 Å². The molecule has 1 aliphatic heterocycles. The largest absolute Gasteiger partial charge is 0.462 e. The first-order valence-electron chi connectivity index (χ1n) is 10.2. The summed E-state index contributed by atoms with van der Waals surface area (Å²) in [6.45, 7) is 4.09. The number of aromatic nitrogens is 4. The molecule has 2 aromatic heterocycles. The van der Waals surface area contributed by atoms with Gasteiger partial charge in [-0.15, -0.1) is 0 Å². The van der Waals surface area contributed by atoms with E-state index in [1.807, 2.05) is 6.92 Å². The highest BCUT2D eigenvalue weighted by Gasteiger charge is 2.41. The minimum atomic E-state index is -0.430. The van der Waals surface area contributed by atoms with E-state index in [-0.39, 0.29) is 11.9 Å². The van der Waals surface area contributed by atoms with Gasteiger partial charge in [0.25, 0.3) is 5.95 Å². The van der Waals surface area contributed by atoms with E-state index < -0.39 is 5.97 Å². The van der Waals surface area contributed by atoms with Gasteiger partial charge in [-0.1, -0.05) is 19.8 Å². The summed E-state index contributed by atoms with van der Waals surface area (Å²) in [5.74, 6) is 0.761. The summed E-state index contributed by atoms with van der Waals surface area (Å²) in [6.07, 6.45) is 9.83. The number of ether oxygens (including phenoxy) is 1. The molecule has 9 nitrogen and oxygen atoms in total. The number of anilines is 2. The van der Waals surface area contributed by atoms with Crippen LogP contribution in [0, 0.1) is 0 Å². The Balaban J connectivity index is 1.75. The summed E-state index contributed by atoms with van der Waals surface area (Å²) in [6, 6.07) is 0.0675. The van der Waals surface area contributed by atoms with Gasteiger partial charge in [0, 0.05) is 19.3 Å². The predicted octanol–water partition coefficient (Wildman–Crippen LogP) is 2.34. The second-order valence-electron chi connectivity index (χ2n) is 7.44. The fraction of sp³-hybridized carbons (Fsp3) is 0.550. The summed E-state index contributed by atoms with van der Waals surface area (Å²) in [5, 5.41) is 4.23. The molecule has 1 saturated carbocycles. The lowest BCUT2D eigenvalue weighted by Gasteiger charge is -2.43. The molecule has 1 atom stereocenters. The maximum absolute atomic E-state index is 12.9. The Morgan fingerprint density at radius 3 is 2.69 bits per heavy atom. The van der Waals surface area contributed by atoms with Crippen molar-refractivity contribution in [2.75, 3.05) is 23.5 Å². The van der Waals surface area contributed by atoms with E-state index in [9.17, 15) is 9.59 Å². The van der Waals surface area contributed by atoms with Crippen molar-refractivity contribution in [1.29, 1.82) is 0 Å². The van der Waals surface area contributed by atoms with Crippen LogP contribution in [0.4, 0.5) is 11.5 Å². The minimum absolute atomic E-state index is 0.0759. The van der Waals surface area contributed by atoms with E-state index in [4.69, 9.17) is 9.72 Å². The van der Waals surface area contributed by atoms with Crippen molar-refractivity contribution in [3.8, 4) is 5.95 Å². The van der Waals surface area contributed by atoms with Crippen molar-refractivity contribution >= 4 is 23.4 Å². The van der Waals surface area contributed by atoms with Crippen molar-refractivity contribution in [1.82, 2.24) is 19.7 Å². The molecule has 9 heteroatoms. The molecule has 1 unspecified atom stereocenters. The molecule has 2 aliphatic rings. The Morgan fingerprint density at radius 1 is 1.24 bits per heavy atom. The number of likely N-dealkylation sites (N-methyl/N-ethyl adjacent to an activating group) is 1. The van der Waals surface area contributed by atoms with Crippen LogP contribution in [-0.4, -0.2) is 57.4 Å². The van der Waals surface area contributed by atoms with Crippen LogP contribution in [-0.2, 0) is 9.53 Å². The van der Waals surface area contributed by atoms with Crippen molar-refractivity contribution in [3.63, 3.8) is 0 Å². The molecular weight excluding hydrogens is 372 g/mol. The van der Waals surface area contributed by atoms with Crippen LogP contribution in [0.5, 0.6) is 0 Å². The third-order valence-corrected chi connectivity index (χ3v) is 5.70. The fourth-order valence-corrected chi connectivity index (χ4v) is 4.24. The molecule has 0 radical (unpaired) electrons. The number of carbonyl (C=O) groups is 2. The van der Waals surface area contributed by atoms with Crippen molar-refractivity contribution in [2.45, 2.75) is 58.0 Å². The maximum atomic E-state index is 12.9. The van der Waals surface area contributed by atoms with Gasteiger partial charge in [0.05, 0.1) is 24.6 Å². The van der Waals surface area contributed by atoms with Gasteiger partial charge in [-0.05, 0) is 26.2 Å². The minimum Gasteiger partial charge on any atom is -0.462 e. The number of amides is 1. The monoisotopic (exact) mass is 398 g/mol. The average molecular weight is 398 g/mol. The Labute approximate surface area is 169 Å². The number of esters is 1. The van der Waals surface area contributed by atoms with E-state index in [2.05, 4.69) is 15.0 Å². The van der Waals surface area contributed by atoms with E-state index in [0.717, 1.165) is 31.5 Å². The van der Waals surface area contributed by atoms with E-state index in [1.54, 1.807) is 31.3 Å². The molecule has 2 aromatic rings. The van der Waals surface area contributed by atoms with Crippen LogP contribution < -0.4 is 9.80 Å². The molecule has 1 amide bonds.